The Morgan fingerprint density at radius 2 is 1.18 bits per heavy atom. The number of nitrogens with one attached hydrogen (secondary N) is 4. The lowest BCUT2D eigenvalue weighted by Gasteiger charge is -2.40. The Morgan fingerprint density at radius 3 is 1.55 bits per heavy atom. The summed E-state index contributed by atoms with van der Waals surface area (Å²) in [6, 6.07) is 14.0. The summed E-state index contributed by atoms with van der Waals surface area (Å²) in [6.45, 7) is 1.82. The molecule has 0 saturated carbocycles. The molecule has 2 aromatic carbocycles. The van der Waals surface area contributed by atoms with E-state index < -0.39 is 35.0 Å². The standard InChI is InChI=1S/C16H19N3O3.C15H17N3O4/c1-10(20)16(8-22-9-16)19-15(21)13(17)6-11-7-18-14-5-3-2-4-12(11)14;16-11(13(19)18-15(14(20)21)7-22-8-15)5-9-6-17-12-4-2-1-3-10(9)12/h2-5,7,13,18H,6,8-9,17H2,1H3,(H,19,21);1-4,6,11,17H,5,7-8,16H2,(H,18,19)(H,20,21)/t13-;11-/m11/s1. The second kappa shape index (κ2) is 12.6. The highest BCUT2D eigenvalue weighted by atomic mass is 16.5. The third-order valence-corrected chi connectivity index (χ3v) is 8.11. The Morgan fingerprint density at radius 1 is 0.773 bits per heavy atom. The van der Waals surface area contributed by atoms with E-state index in [4.69, 9.17) is 20.9 Å². The summed E-state index contributed by atoms with van der Waals surface area (Å²) in [5.74, 6) is -2.03. The number of benzene rings is 2. The lowest BCUT2D eigenvalue weighted by Crippen LogP contribution is -2.69. The summed E-state index contributed by atoms with van der Waals surface area (Å²) < 4.78 is 9.96. The molecule has 2 aliphatic rings. The first-order chi connectivity index (χ1) is 21.0. The summed E-state index contributed by atoms with van der Waals surface area (Å²) >= 11 is 0. The maximum Gasteiger partial charge on any atom is 0.334 e. The largest absolute Gasteiger partial charge is 0.479 e. The summed E-state index contributed by atoms with van der Waals surface area (Å²) in [5, 5.41) is 16.5. The Bertz CT molecular complexity index is 1560. The molecule has 2 saturated heterocycles. The number of ether oxygens (including phenoxy) is 2. The van der Waals surface area contributed by atoms with Crippen molar-refractivity contribution >= 4 is 45.4 Å². The fraction of sp³-hybridized carbons (Fsp3) is 0.355. The van der Waals surface area contributed by atoms with E-state index in [1.807, 2.05) is 60.9 Å². The highest BCUT2D eigenvalue weighted by molar-refractivity contribution is 5.94. The second-order valence-electron chi connectivity index (χ2n) is 11.3. The van der Waals surface area contributed by atoms with Gasteiger partial charge in [-0.25, -0.2) is 4.79 Å². The molecular formula is C31H36N6O7. The number of ketones is 1. The molecule has 2 amide bonds. The number of carboxylic acids is 1. The van der Waals surface area contributed by atoms with Gasteiger partial charge in [-0.1, -0.05) is 36.4 Å². The van der Waals surface area contributed by atoms with Crippen LogP contribution in [-0.4, -0.2) is 88.2 Å². The van der Waals surface area contributed by atoms with Gasteiger partial charge in [-0.15, -0.1) is 0 Å². The molecule has 13 nitrogen and oxygen atoms in total. The van der Waals surface area contributed by atoms with Crippen molar-refractivity contribution in [2.45, 2.75) is 42.9 Å². The van der Waals surface area contributed by atoms with Gasteiger partial charge in [-0.3, -0.25) is 14.4 Å². The molecule has 0 unspecified atom stereocenters. The Hall–Kier alpha value is -4.56. The Balaban J connectivity index is 0.000000175. The highest BCUT2D eigenvalue weighted by Gasteiger charge is 2.48. The minimum atomic E-state index is -1.34. The van der Waals surface area contributed by atoms with Gasteiger partial charge in [0.1, 0.15) is 5.54 Å². The van der Waals surface area contributed by atoms with Crippen molar-refractivity contribution < 1.29 is 33.8 Å². The molecule has 44 heavy (non-hydrogen) atoms. The number of rotatable bonds is 10. The molecule has 13 heteroatoms. The quantitative estimate of drug-likeness (QED) is 0.134. The molecule has 0 bridgehead atoms. The van der Waals surface area contributed by atoms with Crippen molar-refractivity contribution in [3.05, 3.63) is 72.1 Å². The number of hydrogen-bond acceptors (Lipinski definition) is 8. The number of para-hydroxylation sites is 2. The Kier molecular flexibility index (Phi) is 8.83. The summed E-state index contributed by atoms with van der Waals surface area (Å²) in [5.41, 5.74) is 13.6. The average molecular weight is 605 g/mol. The number of carbonyl (C=O) groups excluding carboxylic acids is 3. The number of hydrogen-bond donors (Lipinski definition) is 7. The van der Waals surface area contributed by atoms with E-state index in [1.54, 1.807) is 0 Å². The van der Waals surface area contributed by atoms with Gasteiger partial charge < -0.3 is 46.6 Å². The van der Waals surface area contributed by atoms with Crippen LogP contribution in [-0.2, 0) is 41.5 Å². The van der Waals surface area contributed by atoms with Crippen LogP contribution in [0.1, 0.15) is 18.1 Å². The number of carboxylic acid groups (broad SMARTS) is 1. The molecule has 2 aromatic heterocycles. The van der Waals surface area contributed by atoms with Crippen molar-refractivity contribution in [2.75, 3.05) is 26.4 Å². The van der Waals surface area contributed by atoms with Crippen LogP contribution in [0.25, 0.3) is 21.8 Å². The molecule has 0 radical (unpaired) electrons. The first-order valence-corrected chi connectivity index (χ1v) is 14.2. The van der Waals surface area contributed by atoms with Gasteiger partial charge in [0.15, 0.2) is 11.3 Å². The first kappa shape index (κ1) is 30.9. The second-order valence-corrected chi connectivity index (χ2v) is 11.3. The van der Waals surface area contributed by atoms with Crippen LogP contribution in [0.4, 0.5) is 0 Å². The van der Waals surface area contributed by atoms with Gasteiger partial charge in [-0.2, -0.15) is 0 Å². The van der Waals surface area contributed by atoms with Crippen LogP contribution in [0, 0.1) is 0 Å². The van der Waals surface area contributed by atoms with E-state index >= 15 is 0 Å². The maximum absolute atomic E-state index is 12.3. The van der Waals surface area contributed by atoms with Crippen molar-refractivity contribution in [1.82, 2.24) is 20.6 Å². The maximum atomic E-state index is 12.3. The lowest BCUT2D eigenvalue weighted by molar-refractivity contribution is -0.169. The molecule has 4 heterocycles. The minimum absolute atomic E-state index is 0.0339. The summed E-state index contributed by atoms with van der Waals surface area (Å²) in [6.07, 6.45) is 4.42. The molecule has 0 spiro atoms. The zero-order chi connectivity index (χ0) is 31.5. The van der Waals surface area contributed by atoms with Gasteiger partial charge in [0.2, 0.25) is 11.8 Å². The fourth-order valence-electron chi connectivity index (χ4n) is 5.14. The van der Waals surface area contributed by atoms with Gasteiger partial charge in [0.25, 0.3) is 0 Å². The predicted molar refractivity (Wildman–Crippen MR) is 162 cm³/mol. The van der Waals surface area contributed by atoms with E-state index in [0.717, 1.165) is 32.9 Å². The molecular weight excluding hydrogens is 568 g/mol. The topological polar surface area (TPSA) is 215 Å². The van der Waals surface area contributed by atoms with E-state index in [2.05, 4.69) is 20.6 Å². The average Bonchev–Trinajstić information content (AvgIpc) is 3.56. The number of carbonyl (C=O) groups is 4. The lowest BCUT2D eigenvalue weighted by atomic mass is 9.92. The molecule has 6 rings (SSSR count). The number of fused-ring (bicyclic) bond motifs is 2. The first-order valence-electron chi connectivity index (χ1n) is 14.2. The fourth-order valence-corrected chi connectivity index (χ4v) is 5.14. The Labute approximate surface area is 252 Å². The van der Waals surface area contributed by atoms with Crippen molar-refractivity contribution in [3.8, 4) is 0 Å². The van der Waals surface area contributed by atoms with E-state index in [9.17, 15) is 24.3 Å². The van der Waals surface area contributed by atoms with E-state index in [-0.39, 0.29) is 38.1 Å². The van der Waals surface area contributed by atoms with E-state index in [0.29, 0.717) is 12.8 Å². The third-order valence-electron chi connectivity index (χ3n) is 8.11. The molecule has 4 aromatic rings. The van der Waals surface area contributed by atoms with Crippen LogP contribution in [0.2, 0.25) is 0 Å². The SMILES string of the molecule is CC(=O)C1(NC(=O)[C@H](N)Cc2c[nH]c3ccccc23)COC1.N[C@H](Cc1c[nH]c2ccccc12)C(=O)NC1(C(=O)O)COC1. The van der Waals surface area contributed by atoms with Crippen LogP contribution >= 0.6 is 0 Å². The van der Waals surface area contributed by atoms with Gasteiger partial charge in [0.05, 0.1) is 38.5 Å². The molecule has 9 N–H and O–H groups in total. The van der Waals surface area contributed by atoms with Crippen LogP contribution in [0.5, 0.6) is 0 Å². The third kappa shape index (κ3) is 6.21. The van der Waals surface area contributed by atoms with E-state index in [1.165, 1.54) is 6.92 Å². The molecule has 232 valence electrons. The van der Waals surface area contributed by atoms with Crippen molar-refractivity contribution in [3.63, 3.8) is 0 Å². The highest BCUT2D eigenvalue weighted by Crippen LogP contribution is 2.22. The number of aliphatic carboxylic acids is 1. The van der Waals surface area contributed by atoms with Crippen molar-refractivity contribution in [1.29, 1.82) is 0 Å². The summed E-state index contributed by atoms with van der Waals surface area (Å²) in [7, 11) is 0. The number of Topliss-reactive ketones (excluding diaryl/α,β-unsaturated/α-hetero) is 1. The number of aromatic nitrogens is 2. The molecule has 0 aliphatic carbocycles. The van der Waals surface area contributed by atoms with Gasteiger partial charge >= 0.3 is 5.97 Å². The van der Waals surface area contributed by atoms with Crippen LogP contribution in [0.3, 0.4) is 0 Å². The molecule has 2 atom stereocenters. The zero-order valence-electron chi connectivity index (χ0n) is 24.2. The van der Waals surface area contributed by atoms with Gasteiger partial charge in [0, 0.05) is 34.2 Å². The number of aromatic amines is 2. The predicted octanol–water partition coefficient (Wildman–Crippen LogP) is 0.519. The van der Waals surface area contributed by atoms with Crippen molar-refractivity contribution in [2.24, 2.45) is 11.5 Å². The van der Waals surface area contributed by atoms with Crippen LogP contribution in [0.15, 0.2) is 60.9 Å². The number of nitrogens with two attached hydrogens (primary N) is 2. The zero-order valence-corrected chi connectivity index (χ0v) is 24.2. The number of amides is 2. The monoisotopic (exact) mass is 604 g/mol. The van der Waals surface area contributed by atoms with Crippen LogP contribution < -0.4 is 22.1 Å². The molecule has 2 fully saturated rings. The molecule has 2 aliphatic heterocycles. The number of H-pyrrole nitrogens is 2. The smallest absolute Gasteiger partial charge is 0.334 e. The summed E-state index contributed by atoms with van der Waals surface area (Å²) in [4.78, 5) is 53.6. The normalized spacial score (nSPS) is 17.7. The van der Waals surface area contributed by atoms with Gasteiger partial charge in [-0.05, 0) is 43.0 Å². The minimum Gasteiger partial charge on any atom is -0.479 e.